The number of alkyl halides is 5. The van der Waals surface area contributed by atoms with Crippen LogP contribution in [0.3, 0.4) is 0 Å². The first-order valence-corrected chi connectivity index (χ1v) is 9.55. The molecule has 2 aromatic heterocycles. The molecule has 11 heteroatoms. The van der Waals surface area contributed by atoms with E-state index in [1.807, 2.05) is 12.1 Å². The molecule has 31 heavy (non-hydrogen) atoms. The Hall–Kier alpha value is -3.24. The average molecular weight is 439 g/mol. The molecular weight excluding hydrogens is 421 g/mol. The lowest BCUT2D eigenvalue weighted by molar-refractivity contribution is -0.291. The van der Waals surface area contributed by atoms with Crippen LogP contribution in [0, 0.1) is 6.92 Å². The van der Waals surface area contributed by atoms with Crippen molar-refractivity contribution in [1.29, 1.82) is 0 Å². The maximum Gasteiger partial charge on any atom is 0.459 e. The van der Waals surface area contributed by atoms with Gasteiger partial charge in [-0.15, -0.1) is 0 Å². The van der Waals surface area contributed by atoms with E-state index in [4.69, 9.17) is 0 Å². The van der Waals surface area contributed by atoms with Crippen LogP contribution in [0.2, 0.25) is 0 Å². The summed E-state index contributed by atoms with van der Waals surface area (Å²) >= 11 is 0. The normalized spacial score (nSPS) is 15.0. The highest BCUT2D eigenvalue weighted by molar-refractivity contribution is 6.03. The largest absolute Gasteiger partial charge is 0.459 e. The van der Waals surface area contributed by atoms with E-state index in [-0.39, 0.29) is 17.0 Å². The summed E-state index contributed by atoms with van der Waals surface area (Å²) in [5.74, 6) is -5.91. The smallest absolute Gasteiger partial charge is 0.372 e. The van der Waals surface area contributed by atoms with Gasteiger partial charge in [-0.05, 0) is 50.1 Å². The van der Waals surface area contributed by atoms with Crippen molar-refractivity contribution < 1.29 is 26.7 Å². The molecule has 0 saturated carbocycles. The van der Waals surface area contributed by atoms with Gasteiger partial charge in [-0.1, -0.05) is 0 Å². The van der Waals surface area contributed by atoms with Gasteiger partial charge in [0.1, 0.15) is 5.69 Å². The molecule has 0 aliphatic carbocycles. The number of nitrogens with one attached hydrogen (secondary N) is 1. The second-order valence-electron chi connectivity index (χ2n) is 7.35. The lowest BCUT2D eigenvalue weighted by Gasteiger charge is -2.20. The fourth-order valence-corrected chi connectivity index (χ4v) is 3.51. The van der Waals surface area contributed by atoms with Gasteiger partial charge in [0.05, 0.1) is 0 Å². The van der Waals surface area contributed by atoms with Crippen molar-refractivity contribution in [3.63, 3.8) is 0 Å². The van der Waals surface area contributed by atoms with E-state index in [0.717, 1.165) is 37.7 Å². The number of carbonyl (C=O) groups is 1. The van der Waals surface area contributed by atoms with Crippen LogP contribution in [-0.2, 0) is 5.92 Å². The number of rotatable bonds is 4. The van der Waals surface area contributed by atoms with Gasteiger partial charge in [-0.2, -0.15) is 27.1 Å². The third-order valence-electron chi connectivity index (χ3n) is 5.06. The van der Waals surface area contributed by atoms with Crippen molar-refractivity contribution in [3.05, 3.63) is 53.5 Å². The Morgan fingerprint density at radius 1 is 1.03 bits per heavy atom. The van der Waals surface area contributed by atoms with Gasteiger partial charge in [-0.3, -0.25) is 4.79 Å². The predicted octanol–water partition coefficient (Wildman–Crippen LogP) is 4.54. The zero-order valence-corrected chi connectivity index (χ0v) is 16.4. The first-order valence-electron chi connectivity index (χ1n) is 9.55. The Kier molecular flexibility index (Phi) is 5.06. The van der Waals surface area contributed by atoms with Crippen molar-refractivity contribution in [2.45, 2.75) is 31.9 Å². The molecule has 0 spiro atoms. The maximum absolute atomic E-state index is 14.0. The van der Waals surface area contributed by atoms with Crippen LogP contribution in [0.5, 0.6) is 0 Å². The fourth-order valence-electron chi connectivity index (χ4n) is 3.51. The number of carbonyl (C=O) groups excluding carboxylic acids is 1. The molecule has 1 amide bonds. The quantitative estimate of drug-likeness (QED) is 0.607. The molecule has 1 aliphatic rings. The summed E-state index contributed by atoms with van der Waals surface area (Å²) in [6.45, 7) is 3.21. The minimum atomic E-state index is -5.82. The molecule has 3 aromatic rings. The number of halogens is 5. The van der Waals surface area contributed by atoms with Gasteiger partial charge in [0.2, 0.25) is 0 Å². The number of amides is 1. The Balaban J connectivity index is 1.61. The lowest BCUT2D eigenvalue weighted by Crippen LogP contribution is -2.36. The van der Waals surface area contributed by atoms with E-state index in [1.54, 1.807) is 12.1 Å². The van der Waals surface area contributed by atoms with Crippen LogP contribution < -0.4 is 10.2 Å². The van der Waals surface area contributed by atoms with E-state index in [2.05, 4.69) is 20.3 Å². The molecule has 0 atom stereocenters. The summed E-state index contributed by atoms with van der Waals surface area (Å²) in [6.07, 6.45) is -3.58. The number of benzene rings is 1. The minimum Gasteiger partial charge on any atom is -0.372 e. The maximum atomic E-state index is 14.0. The molecule has 1 aromatic carbocycles. The minimum absolute atomic E-state index is 0.0595. The summed E-state index contributed by atoms with van der Waals surface area (Å²) in [5, 5.41) is 6.23. The summed E-state index contributed by atoms with van der Waals surface area (Å²) in [5.41, 5.74) is -0.626. The lowest BCUT2D eigenvalue weighted by atomic mass is 10.2. The van der Waals surface area contributed by atoms with Crippen molar-refractivity contribution in [1.82, 2.24) is 14.6 Å². The van der Waals surface area contributed by atoms with Gasteiger partial charge < -0.3 is 10.2 Å². The summed E-state index contributed by atoms with van der Waals surface area (Å²) in [7, 11) is 0. The van der Waals surface area contributed by atoms with Crippen molar-refractivity contribution in [2.24, 2.45) is 0 Å². The molecule has 1 fully saturated rings. The van der Waals surface area contributed by atoms with E-state index in [0.29, 0.717) is 16.3 Å². The standard InChI is InChI=1S/C20H18F5N5O/c1-12-10-16(19(21,22)20(23,24)25)30-17(26-12)11-15(28-30)18(31)27-13-4-6-14(7-5-13)29-8-2-3-9-29/h4-7,10-11H,2-3,8-9H2,1H3,(H,27,31). The molecular formula is C20H18F5N5O. The monoisotopic (exact) mass is 439 g/mol. The molecule has 0 bridgehead atoms. The highest BCUT2D eigenvalue weighted by atomic mass is 19.4. The average Bonchev–Trinajstić information content (AvgIpc) is 3.37. The predicted molar refractivity (Wildman–Crippen MR) is 104 cm³/mol. The Morgan fingerprint density at radius 2 is 1.68 bits per heavy atom. The third-order valence-corrected chi connectivity index (χ3v) is 5.06. The molecule has 1 saturated heterocycles. The zero-order valence-electron chi connectivity index (χ0n) is 16.4. The second kappa shape index (κ2) is 7.47. The first-order chi connectivity index (χ1) is 14.6. The van der Waals surface area contributed by atoms with Crippen molar-refractivity contribution in [2.75, 3.05) is 23.3 Å². The number of anilines is 2. The van der Waals surface area contributed by atoms with E-state index >= 15 is 0 Å². The Labute approximate surface area is 173 Å². The third kappa shape index (κ3) is 3.91. The number of hydrogen-bond acceptors (Lipinski definition) is 4. The second-order valence-corrected chi connectivity index (χ2v) is 7.35. The Morgan fingerprint density at radius 3 is 2.29 bits per heavy atom. The molecule has 3 heterocycles. The Bertz CT molecular complexity index is 1120. The number of aryl methyl sites for hydroxylation is 1. The molecule has 164 valence electrons. The zero-order chi connectivity index (χ0) is 22.4. The summed E-state index contributed by atoms with van der Waals surface area (Å²) in [4.78, 5) is 18.7. The van der Waals surface area contributed by atoms with Crippen LogP contribution >= 0.6 is 0 Å². The van der Waals surface area contributed by atoms with Crippen LogP contribution in [-0.4, -0.2) is 39.8 Å². The molecule has 1 N–H and O–H groups in total. The summed E-state index contributed by atoms with van der Waals surface area (Å²) in [6, 6.07) is 8.73. The van der Waals surface area contributed by atoms with Crippen molar-refractivity contribution in [3.8, 4) is 0 Å². The highest BCUT2D eigenvalue weighted by Gasteiger charge is 2.60. The molecule has 0 unspecified atom stereocenters. The van der Waals surface area contributed by atoms with E-state index in [9.17, 15) is 26.7 Å². The first kappa shape index (κ1) is 21.0. The highest BCUT2D eigenvalue weighted by Crippen LogP contribution is 2.43. The molecule has 1 aliphatic heterocycles. The van der Waals surface area contributed by atoms with Gasteiger partial charge in [0, 0.05) is 36.2 Å². The van der Waals surface area contributed by atoms with E-state index in [1.165, 1.54) is 6.92 Å². The van der Waals surface area contributed by atoms with Crippen LogP contribution in [0.25, 0.3) is 5.65 Å². The van der Waals surface area contributed by atoms with Gasteiger partial charge >= 0.3 is 12.1 Å². The van der Waals surface area contributed by atoms with E-state index < -0.39 is 23.7 Å². The van der Waals surface area contributed by atoms with Gasteiger partial charge in [0.15, 0.2) is 11.3 Å². The van der Waals surface area contributed by atoms with Crippen LogP contribution in [0.1, 0.15) is 34.7 Å². The van der Waals surface area contributed by atoms with Crippen molar-refractivity contribution >= 4 is 22.9 Å². The van der Waals surface area contributed by atoms with Crippen LogP contribution in [0.15, 0.2) is 36.4 Å². The number of fused-ring (bicyclic) bond motifs is 1. The topological polar surface area (TPSA) is 62.5 Å². The summed E-state index contributed by atoms with van der Waals surface area (Å²) < 4.78 is 67.0. The molecule has 0 radical (unpaired) electrons. The van der Waals surface area contributed by atoms with Crippen LogP contribution in [0.4, 0.5) is 33.3 Å². The number of hydrogen-bond donors (Lipinski definition) is 1. The number of nitrogens with zero attached hydrogens (tertiary/aromatic N) is 4. The van der Waals surface area contributed by atoms with Gasteiger partial charge in [-0.25, -0.2) is 9.50 Å². The molecule has 4 rings (SSSR count). The van der Waals surface area contributed by atoms with Gasteiger partial charge in [0.25, 0.3) is 5.91 Å². The number of aromatic nitrogens is 3. The molecule has 6 nitrogen and oxygen atoms in total. The SMILES string of the molecule is Cc1cc(C(F)(F)C(F)(F)F)n2nc(C(=O)Nc3ccc(N4CCCC4)cc3)cc2n1. The fraction of sp³-hybridized carbons (Fsp3) is 0.350.